The monoisotopic (exact) mass is 365 g/mol. The number of carbonyl (C=O) groups is 2. The summed E-state index contributed by atoms with van der Waals surface area (Å²) >= 11 is 0. The maximum atomic E-state index is 12.7. The van der Waals surface area contributed by atoms with Crippen LogP contribution in [0.15, 0.2) is 42.6 Å². The number of hydrogen-bond donors (Lipinski definition) is 1. The number of likely N-dealkylation sites (tertiary alicyclic amines) is 1. The highest BCUT2D eigenvalue weighted by Gasteiger charge is 2.42. The lowest BCUT2D eigenvalue weighted by Gasteiger charge is -2.38. The Morgan fingerprint density at radius 3 is 2.74 bits per heavy atom. The molecule has 1 aromatic carbocycles. The van der Waals surface area contributed by atoms with Crippen LogP contribution in [0, 0.1) is 0 Å². The molecule has 6 heteroatoms. The third-order valence-corrected chi connectivity index (χ3v) is 5.48. The van der Waals surface area contributed by atoms with Gasteiger partial charge in [0.05, 0.1) is 12.1 Å². The minimum absolute atomic E-state index is 0.0434. The number of hydrogen-bond acceptors (Lipinski definition) is 4. The molecule has 6 nitrogen and oxygen atoms in total. The van der Waals surface area contributed by atoms with Gasteiger partial charge in [-0.2, -0.15) is 0 Å². The molecule has 4 rings (SSSR count). The number of fused-ring (bicyclic) bond motifs is 1. The van der Waals surface area contributed by atoms with Crippen LogP contribution in [-0.2, 0) is 17.6 Å². The first-order chi connectivity index (χ1) is 13.1. The molecule has 2 amide bonds. The van der Waals surface area contributed by atoms with Crippen LogP contribution in [0.3, 0.4) is 0 Å². The molecule has 27 heavy (non-hydrogen) atoms. The Balaban J connectivity index is 1.36. The average Bonchev–Trinajstić information content (AvgIpc) is 3.05. The normalized spacial score (nSPS) is 17.3. The highest BCUT2D eigenvalue weighted by molar-refractivity contribution is 5.94. The van der Waals surface area contributed by atoms with Crippen molar-refractivity contribution in [2.24, 2.45) is 0 Å². The van der Waals surface area contributed by atoms with Crippen molar-refractivity contribution in [3.63, 3.8) is 0 Å². The van der Waals surface area contributed by atoms with Gasteiger partial charge >= 0.3 is 0 Å². The fourth-order valence-corrected chi connectivity index (χ4v) is 3.94. The average molecular weight is 365 g/mol. The first-order valence-corrected chi connectivity index (χ1v) is 9.30. The predicted molar refractivity (Wildman–Crippen MR) is 101 cm³/mol. The van der Waals surface area contributed by atoms with Gasteiger partial charge in [0, 0.05) is 51.2 Å². The maximum absolute atomic E-state index is 12.7. The molecule has 1 fully saturated rings. The Morgan fingerprint density at radius 2 is 2.00 bits per heavy atom. The Morgan fingerprint density at radius 1 is 1.22 bits per heavy atom. The second kappa shape index (κ2) is 7.02. The second-order valence-corrected chi connectivity index (χ2v) is 7.24. The van der Waals surface area contributed by atoms with E-state index in [0.29, 0.717) is 24.3 Å². The molecule has 0 saturated carbocycles. The lowest BCUT2D eigenvalue weighted by atomic mass is 9.87. The first-order valence-electron chi connectivity index (χ1n) is 9.30. The molecule has 1 spiro atoms. The minimum Gasteiger partial charge on any atom is -0.487 e. The minimum atomic E-state index is -0.177. The molecule has 2 aromatic rings. The number of piperidine rings is 1. The summed E-state index contributed by atoms with van der Waals surface area (Å²) in [6, 6.07) is 11.5. The molecule has 2 aliphatic heterocycles. The van der Waals surface area contributed by atoms with Crippen LogP contribution in [0.5, 0.6) is 5.75 Å². The SMILES string of the molecule is CNC(=O)c1ccnc(CC(=O)N2CCC3(CC2)Cc2ccccc2O3)c1. The standard InChI is InChI=1S/C21H23N3O3/c1-22-20(26)15-6-9-23-17(12-15)13-19(25)24-10-7-21(8-11-24)14-16-4-2-3-5-18(16)27-21/h2-6,9,12H,7-8,10-11,13-14H2,1H3,(H,22,26). The van der Waals surface area contributed by atoms with E-state index >= 15 is 0 Å². The van der Waals surface area contributed by atoms with E-state index < -0.39 is 0 Å². The molecule has 1 N–H and O–H groups in total. The number of ether oxygens (including phenoxy) is 1. The van der Waals surface area contributed by atoms with Crippen LogP contribution in [0.1, 0.15) is 34.5 Å². The smallest absolute Gasteiger partial charge is 0.251 e. The van der Waals surface area contributed by atoms with Gasteiger partial charge in [-0.05, 0) is 23.8 Å². The van der Waals surface area contributed by atoms with Crippen molar-refractivity contribution >= 4 is 11.8 Å². The topological polar surface area (TPSA) is 71.5 Å². The van der Waals surface area contributed by atoms with Crippen LogP contribution in [0.4, 0.5) is 0 Å². The van der Waals surface area contributed by atoms with Gasteiger partial charge in [0.25, 0.3) is 5.91 Å². The molecule has 0 unspecified atom stereocenters. The first kappa shape index (κ1) is 17.5. The van der Waals surface area contributed by atoms with E-state index in [4.69, 9.17) is 4.74 Å². The van der Waals surface area contributed by atoms with Crippen molar-refractivity contribution in [3.05, 3.63) is 59.4 Å². The van der Waals surface area contributed by atoms with E-state index in [1.807, 2.05) is 23.1 Å². The van der Waals surface area contributed by atoms with Crippen molar-refractivity contribution in [1.29, 1.82) is 0 Å². The number of benzene rings is 1. The quantitative estimate of drug-likeness (QED) is 0.903. The lowest BCUT2D eigenvalue weighted by molar-refractivity contribution is -0.133. The predicted octanol–water partition coefficient (Wildman–Crippen LogP) is 1.98. The number of rotatable bonds is 3. The summed E-state index contributed by atoms with van der Waals surface area (Å²) in [6.45, 7) is 1.36. The summed E-state index contributed by atoms with van der Waals surface area (Å²) < 4.78 is 6.24. The van der Waals surface area contributed by atoms with Gasteiger partial charge in [-0.3, -0.25) is 14.6 Å². The molecule has 2 aliphatic rings. The number of amides is 2. The largest absolute Gasteiger partial charge is 0.487 e. The van der Waals surface area contributed by atoms with Crippen molar-refractivity contribution in [1.82, 2.24) is 15.2 Å². The number of nitrogens with zero attached hydrogens (tertiary/aromatic N) is 2. The zero-order valence-electron chi connectivity index (χ0n) is 15.4. The zero-order valence-corrected chi connectivity index (χ0v) is 15.4. The fraction of sp³-hybridized carbons (Fsp3) is 0.381. The van der Waals surface area contributed by atoms with Crippen LogP contribution >= 0.6 is 0 Å². The summed E-state index contributed by atoms with van der Waals surface area (Å²) in [5.41, 5.74) is 2.22. The van der Waals surface area contributed by atoms with Gasteiger partial charge in [-0.15, -0.1) is 0 Å². The van der Waals surface area contributed by atoms with Gasteiger partial charge in [0.1, 0.15) is 11.4 Å². The van der Waals surface area contributed by atoms with Crippen molar-refractivity contribution in [3.8, 4) is 5.75 Å². The number of carbonyl (C=O) groups excluding carboxylic acids is 2. The van der Waals surface area contributed by atoms with Crippen LogP contribution < -0.4 is 10.1 Å². The number of pyridine rings is 1. The van der Waals surface area contributed by atoms with Gasteiger partial charge in [-0.1, -0.05) is 18.2 Å². The van der Waals surface area contributed by atoms with Crippen molar-refractivity contribution in [2.45, 2.75) is 31.3 Å². The molecule has 1 saturated heterocycles. The summed E-state index contributed by atoms with van der Waals surface area (Å²) in [6.07, 6.45) is 4.36. The molecular weight excluding hydrogens is 342 g/mol. The molecular formula is C21H23N3O3. The van der Waals surface area contributed by atoms with E-state index in [1.54, 1.807) is 25.4 Å². The summed E-state index contributed by atoms with van der Waals surface area (Å²) in [7, 11) is 1.58. The molecule has 3 heterocycles. The molecule has 0 radical (unpaired) electrons. The van der Waals surface area contributed by atoms with Gasteiger partial charge < -0.3 is 15.0 Å². The molecule has 140 valence electrons. The van der Waals surface area contributed by atoms with E-state index in [2.05, 4.69) is 16.4 Å². The Bertz CT molecular complexity index is 845. The summed E-state index contributed by atoms with van der Waals surface area (Å²) in [5.74, 6) is 0.846. The summed E-state index contributed by atoms with van der Waals surface area (Å²) in [5, 5.41) is 2.58. The third kappa shape index (κ3) is 3.52. The maximum Gasteiger partial charge on any atom is 0.251 e. The highest BCUT2D eigenvalue weighted by Crippen LogP contribution is 2.40. The highest BCUT2D eigenvalue weighted by atomic mass is 16.5. The Hall–Kier alpha value is -2.89. The molecule has 1 aromatic heterocycles. The van der Waals surface area contributed by atoms with Crippen molar-refractivity contribution < 1.29 is 14.3 Å². The molecule has 0 bridgehead atoms. The zero-order chi connectivity index (χ0) is 18.9. The van der Waals surface area contributed by atoms with E-state index in [-0.39, 0.29) is 23.8 Å². The van der Waals surface area contributed by atoms with E-state index in [0.717, 1.165) is 25.0 Å². The number of aromatic nitrogens is 1. The molecule has 0 aliphatic carbocycles. The number of nitrogens with one attached hydrogen (secondary N) is 1. The summed E-state index contributed by atoms with van der Waals surface area (Å²) in [4.78, 5) is 30.5. The van der Waals surface area contributed by atoms with Gasteiger partial charge in [-0.25, -0.2) is 0 Å². The third-order valence-electron chi connectivity index (χ3n) is 5.48. The van der Waals surface area contributed by atoms with Crippen LogP contribution in [-0.4, -0.2) is 47.4 Å². The number of para-hydroxylation sites is 1. The molecule has 0 atom stereocenters. The Labute approximate surface area is 158 Å². The van der Waals surface area contributed by atoms with E-state index in [1.165, 1.54) is 5.56 Å². The van der Waals surface area contributed by atoms with Gasteiger partial charge in [0.15, 0.2) is 0 Å². The Kier molecular flexibility index (Phi) is 4.56. The second-order valence-electron chi connectivity index (χ2n) is 7.24. The lowest BCUT2D eigenvalue weighted by Crippen LogP contribution is -2.49. The van der Waals surface area contributed by atoms with E-state index in [9.17, 15) is 9.59 Å². The fourth-order valence-electron chi connectivity index (χ4n) is 3.94. The van der Waals surface area contributed by atoms with Crippen LogP contribution in [0.2, 0.25) is 0 Å². The van der Waals surface area contributed by atoms with Gasteiger partial charge in [0.2, 0.25) is 5.91 Å². The van der Waals surface area contributed by atoms with Crippen molar-refractivity contribution in [2.75, 3.05) is 20.1 Å². The van der Waals surface area contributed by atoms with Crippen LogP contribution in [0.25, 0.3) is 0 Å².